The lowest BCUT2D eigenvalue weighted by Gasteiger charge is -2.38. The molecule has 0 saturated carbocycles. The van der Waals surface area contributed by atoms with Crippen LogP contribution in [0.2, 0.25) is 0 Å². The van der Waals surface area contributed by atoms with Crippen molar-refractivity contribution in [1.29, 1.82) is 0 Å². The molecule has 7 heteroatoms. The van der Waals surface area contributed by atoms with Crippen molar-refractivity contribution in [3.05, 3.63) is 0 Å². The number of hydrogen-bond acceptors (Lipinski definition) is 3. The minimum Gasteiger partial charge on any atom is -0.338 e. The lowest BCUT2D eigenvalue weighted by atomic mass is 9.95. The number of hydrogen-bond donors (Lipinski definition) is 2. The molecular formula is C13H27ClN4O2. The third kappa shape index (κ3) is 4.83. The van der Waals surface area contributed by atoms with Gasteiger partial charge in [0, 0.05) is 32.7 Å². The quantitative estimate of drug-likeness (QED) is 0.806. The molecule has 3 N–H and O–H groups in total. The summed E-state index contributed by atoms with van der Waals surface area (Å²) in [5.74, 6) is -0.00935. The summed E-state index contributed by atoms with van der Waals surface area (Å²) in [5, 5.41) is 2.77. The summed E-state index contributed by atoms with van der Waals surface area (Å²) in [5.41, 5.74) is 5.27. The van der Waals surface area contributed by atoms with Crippen LogP contribution in [0.1, 0.15) is 33.6 Å². The van der Waals surface area contributed by atoms with Gasteiger partial charge < -0.3 is 20.9 Å². The lowest BCUT2D eigenvalue weighted by molar-refractivity contribution is -0.138. The molecule has 6 nitrogen and oxygen atoms in total. The van der Waals surface area contributed by atoms with Crippen LogP contribution in [0, 0.1) is 0 Å². The number of nitrogens with two attached hydrogens (primary N) is 1. The highest BCUT2D eigenvalue weighted by atomic mass is 35.5. The van der Waals surface area contributed by atoms with E-state index < -0.39 is 5.54 Å². The molecule has 0 aliphatic carbocycles. The number of carbonyl (C=O) groups excluding carboxylic acids is 2. The Bertz CT molecular complexity index is 328. The summed E-state index contributed by atoms with van der Waals surface area (Å²) in [6.45, 7) is 8.58. The largest absolute Gasteiger partial charge is 0.338 e. The van der Waals surface area contributed by atoms with Crippen molar-refractivity contribution in [2.24, 2.45) is 5.73 Å². The summed E-state index contributed by atoms with van der Waals surface area (Å²) in [4.78, 5) is 27.5. The van der Waals surface area contributed by atoms with Crippen molar-refractivity contribution < 1.29 is 9.59 Å². The minimum absolute atomic E-state index is 0. The Kier molecular flexibility index (Phi) is 7.90. The maximum Gasteiger partial charge on any atom is 0.317 e. The molecule has 0 spiro atoms. The van der Waals surface area contributed by atoms with Gasteiger partial charge in [0.25, 0.3) is 0 Å². The summed E-state index contributed by atoms with van der Waals surface area (Å²) in [6, 6.07) is -0.0568. The second kappa shape index (κ2) is 8.32. The fourth-order valence-electron chi connectivity index (χ4n) is 2.36. The SMILES string of the molecule is CCCC(C)(N)C(=O)N1CCN(C(=O)NCC)CC1.Cl. The summed E-state index contributed by atoms with van der Waals surface area (Å²) < 4.78 is 0. The standard InChI is InChI=1S/C13H26N4O2.ClH/c1-4-6-13(3,14)11(18)16-7-9-17(10-8-16)12(19)15-5-2;/h4-10,14H2,1-3H3,(H,15,19);1H. The van der Waals surface area contributed by atoms with Crippen molar-refractivity contribution in [2.75, 3.05) is 32.7 Å². The maximum atomic E-state index is 12.3. The lowest BCUT2D eigenvalue weighted by Crippen LogP contribution is -2.59. The summed E-state index contributed by atoms with van der Waals surface area (Å²) in [7, 11) is 0. The van der Waals surface area contributed by atoms with Gasteiger partial charge in [-0.05, 0) is 20.3 Å². The molecule has 0 radical (unpaired) electrons. The fraction of sp³-hybridized carbons (Fsp3) is 0.846. The zero-order valence-electron chi connectivity index (χ0n) is 12.6. The second-order valence-corrected chi connectivity index (χ2v) is 5.28. The van der Waals surface area contributed by atoms with Crippen LogP contribution >= 0.6 is 12.4 Å². The van der Waals surface area contributed by atoms with Gasteiger partial charge in [-0.15, -0.1) is 12.4 Å². The summed E-state index contributed by atoms with van der Waals surface area (Å²) in [6.07, 6.45) is 1.57. The number of urea groups is 1. The first-order valence-electron chi connectivity index (χ1n) is 7.03. The molecule has 0 aromatic rings. The van der Waals surface area contributed by atoms with Crippen LogP contribution in [-0.2, 0) is 4.79 Å². The number of amides is 3. The van der Waals surface area contributed by atoms with E-state index in [4.69, 9.17) is 5.73 Å². The molecule has 20 heavy (non-hydrogen) atoms. The van der Waals surface area contributed by atoms with Crippen molar-refractivity contribution in [2.45, 2.75) is 39.2 Å². The van der Waals surface area contributed by atoms with Gasteiger partial charge in [0.05, 0.1) is 5.54 Å². The Morgan fingerprint density at radius 3 is 2.10 bits per heavy atom. The number of rotatable bonds is 4. The van der Waals surface area contributed by atoms with Gasteiger partial charge in [0.1, 0.15) is 0 Å². The smallest absolute Gasteiger partial charge is 0.317 e. The Morgan fingerprint density at radius 1 is 1.15 bits per heavy atom. The van der Waals surface area contributed by atoms with E-state index in [9.17, 15) is 9.59 Å². The zero-order chi connectivity index (χ0) is 14.5. The van der Waals surface area contributed by atoms with Gasteiger partial charge in [0.2, 0.25) is 5.91 Å². The van der Waals surface area contributed by atoms with Crippen LogP contribution in [0.3, 0.4) is 0 Å². The Labute approximate surface area is 127 Å². The van der Waals surface area contributed by atoms with E-state index >= 15 is 0 Å². The van der Waals surface area contributed by atoms with E-state index in [1.807, 2.05) is 13.8 Å². The van der Waals surface area contributed by atoms with Crippen LogP contribution in [-0.4, -0.2) is 60.0 Å². The molecule has 1 heterocycles. The minimum atomic E-state index is -0.789. The summed E-state index contributed by atoms with van der Waals surface area (Å²) >= 11 is 0. The molecule has 0 aromatic heterocycles. The van der Waals surface area contributed by atoms with Crippen LogP contribution in [0.15, 0.2) is 0 Å². The van der Waals surface area contributed by atoms with E-state index in [1.165, 1.54) is 0 Å². The number of piperazine rings is 1. The first kappa shape index (κ1) is 19.0. The van der Waals surface area contributed by atoms with Crippen LogP contribution in [0.4, 0.5) is 4.79 Å². The number of carbonyl (C=O) groups is 2. The number of nitrogens with zero attached hydrogens (tertiary/aromatic N) is 2. The van der Waals surface area contributed by atoms with Gasteiger partial charge in [0.15, 0.2) is 0 Å². The molecule has 1 rings (SSSR count). The van der Waals surface area contributed by atoms with Crippen molar-refractivity contribution in [3.63, 3.8) is 0 Å². The fourth-order valence-corrected chi connectivity index (χ4v) is 2.36. The molecule has 1 fully saturated rings. The highest BCUT2D eigenvalue weighted by Crippen LogP contribution is 2.14. The van der Waals surface area contributed by atoms with E-state index in [0.717, 1.165) is 6.42 Å². The highest BCUT2D eigenvalue weighted by molar-refractivity contribution is 5.86. The van der Waals surface area contributed by atoms with Gasteiger partial charge in [-0.25, -0.2) is 4.79 Å². The third-order valence-electron chi connectivity index (χ3n) is 3.44. The Balaban J connectivity index is 0.00000361. The van der Waals surface area contributed by atoms with Gasteiger partial charge in [-0.2, -0.15) is 0 Å². The van der Waals surface area contributed by atoms with Crippen LogP contribution in [0.25, 0.3) is 0 Å². The molecule has 1 saturated heterocycles. The molecule has 3 amide bonds. The number of nitrogens with one attached hydrogen (secondary N) is 1. The average molecular weight is 307 g/mol. The molecule has 1 unspecified atom stereocenters. The number of halogens is 1. The topological polar surface area (TPSA) is 78.7 Å². The molecule has 1 atom stereocenters. The van der Waals surface area contributed by atoms with Crippen molar-refractivity contribution >= 4 is 24.3 Å². The molecule has 118 valence electrons. The predicted octanol–water partition coefficient (Wildman–Crippen LogP) is 0.799. The average Bonchev–Trinajstić information content (AvgIpc) is 2.38. The normalized spacial score (nSPS) is 18.0. The van der Waals surface area contributed by atoms with E-state index in [2.05, 4.69) is 5.32 Å². The molecule has 1 aliphatic rings. The molecule has 0 bridgehead atoms. The van der Waals surface area contributed by atoms with Gasteiger partial charge >= 0.3 is 6.03 Å². The first-order valence-corrected chi connectivity index (χ1v) is 7.03. The maximum absolute atomic E-state index is 12.3. The monoisotopic (exact) mass is 306 g/mol. The predicted molar refractivity (Wildman–Crippen MR) is 82.0 cm³/mol. The van der Waals surface area contributed by atoms with Gasteiger partial charge in [-0.1, -0.05) is 13.3 Å². The zero-order valence-corrected chi connectivity index (χ0v) is 13.5. The van der Waals surface area contributed by atoms with Gasteiger partial charge in [-0.3, -0.25) is 4.79 Å². The van der Waals surface area contributed by atoms with E-state index in [0.29, 0.717) is 39.1 Å². The molecule has 1 aliphatic heterocycles. The van der Waals surface area contributed by atoms with E-state index in [-0.39, 0.29) is 24.3 Å². The third-order valence-corrected chi connectivity index (χ3v) is 3.44. The molecule has 0 aromatic carbocycles. The Hall–Kier alpha value is -1.01. The second-order valence-electron chi connectivity index (χ2n) is 5.28. The van der Waals surface area contributed by atoms with Crippen LogP contribution in [0.5, 0.6) is 0 Å². The highest BCUT2D eigenvalue weighted by Gasteiger charge is 2.33. The van der Waals surface area contributed by atoms with E-state index in [1.54, 1.807) is 16.7 Å². The van der Waals surface area contributed by atoms with Crippen molar-refractivity contribution in [3.8, 4) is 0 Å². The van der Waals surface area contributed by atoms with Crippen LogP contribution < -0.4 is 11.1 Å². The van der Waals surface area contributed by atoms with Crippen molar-refractivity contribution in [1.82, 2.24) is 15.1 Å². The first-order chi connectivity index (χ1) is 8.92. The Morgan fingerprint density at radius 2 is 1.65 bits per heavy atom. The molecular weight excluding hydrogens is 280 g/mol.